The van der Waals surface area contributed by atoms with Crippen LogP contribution in [0, 0.1) is 6.92 Å². The van der Waals surface area contributed by atoms with Crippen molar-refractivity contribution < 1.29 is 0 Å². The number of nitrogens with zero attached hydrogens (tertiary/aromatic N) is 4. The zero-order valence-electron chi connectivity index (χ0n) is 12.3. The van der Waals surface area contributed by atoms with Gasteiger partial charge in [-0.1, -0.05) is 6.92 Å². The monoisotopic (exact) mass is 273 g/mol. The predicted octanol–water partition coefficient (Wildman–Crippen LogP) is 2.01. The number of rotatable bonds is 5. The molecule has 108 valence electrons. The summed E-state index contributed by atoms with van der Waals surface area (Å²) in [5, 5.41) is 7.97. The highest BCUT2D eigenvalue weighted by Crippen LogP contribution is 2.20. The van der Waals surface area contributed by atoms with E-state index in [0.29, 0.717) is 6.04 Å². The molecule has 3 heterocycles. The fourth-order valence-electron chi connectivity index (χ4n) is 3.01. The summed E-state index contributed by atoms with van der Waals surface area (Å²) in [6.07, 6.45) is 5.33. The van der Waals surface area contributed by atoms with Gasteiger partial charge in [-0.15, -0.1) is 0 Å². The molecule has 0 amide bonds. The third-order valence-electron chi connectivity index (χ3n) is 3.93. The molecule has 1 saturated heterocycles. The molecular formula is C15H23N5. The second-order valence-electron chi connectivity index (χ2n) is 5.66. The smallest absolute Gasteiger partial charge is 0.157 e. The lowest BCUT2D eigenvalue weighted by molar-refractivity contribution is 0.572. The SMILES string of the molecule is CCCN(CC1CCCN1)c1cc(C)cc2ncnn12. The quantitative estimate of drug-likeness (QED) is 0.905. The number of aromatic nitrogens is 3. The molecule has 5 heteroatoms. The number of aryl methyl sites for hydroxylation is 1. The molecule has 2 aromatic rings. The molecule has 1 aliphatic rings. The van der Waals surface area contributed by atoms with Gasteiger partial charge in [0.1, 0.15) is 12.1 Å². The van der Waals surface area contributed by atoms with E-state index in [1.165, 1.54) is 18.4 Å². The van der Waals surface area contributed by atoms with Crippen molar-refractivity contribution in [2.45, 2.75) is 39.2 Å². The molecule has 0 saturated carbocycles. The summed E-state index contributed by atoms with van der Waals surface area (Å²) in [5.74, 6) is 1.16. The Kier molecular flexibility index (Phi) is 3.87. The lowest BCUT2D eigenvalue weighted by Gasteiger charge is -2.28. The van der Waals surface area contributed by atoms with E-state index in [2.05, 4.69) is 46.3 Å². The maximum absolute atomic E-state index is 4.38. The third kappa shape index (κ3) is 2.63. The van der Waals surface area contributed by atoms with Gasteiger partial charge in [-0.25, -0.2) is 4.98 Å². The van der Waals surface area contributed by atoms with Crippen LogP contribution in [-0.2, 0) is 0 Å². The molecule has 5 nitrogen and oxygen atoms in total. The maximum atomic E-state index is 4.38. The zero-order chi connectivity index (χ0) is 13.9. The maximum Gasteiger partial charge on any atom is 0.157 e. The lowest BCUT2D eigenvalue weighted by atomic mass is 10.2. The number of pyridine rings is 1. The molecule has 1 unspecified atom stereocenters. The van der Waals surface area contributed by atoms with Crippen LogP contribution in [0.25, 0.3) is 5.65 Å². The average molecular weight is 273 g/mol. The van der Waals surface area contributed by atoms with Crippen LogP contribution >= 0.6 is 0 Å². The number of fused-ring (bicyclic) bond motifs is 1. The van der Waals surface area contributed by atoms with E-state index in [9.17, 15) is 0 Å². The van der Waals surface area contributed by atoms with Crippen molar-refractivity contribution in [2.24, 2.45) is 0 Å². The number of hydrogen-bond acceptors (Lipinski definition) is 4. The number of anilines is 1. The van der Waals surface area contributed by atoms with Gasteiger partial charge < -0.3 is 10.2 Å². The lowest BCUT2D eigenvalue weighted by Crippen LogP contribution is -2.39. The molecule has 2 aromatic heterocycles. The summed E-state index contributed by atoms with van der Waals surface area (Å²) in [6.45, 7) is 7.60. The van der Waals surface area contributed by atoms with Crippen molar-refractivity contribution in [3.8, 4) is 0 Å². The number of hydrogen-bond donors (Lipinski definition) is 1. The van der Waals surface area contributed by atoms with Crippen LogP contribution in [0.1, 0.15) is 31.7 Å². The largest absolute Gasteiger partial charge is 0.355 e. The molecule has 1 N–H and O–H groups in total. The summed E-state index contributed by atoms with van der Waals surface area (Å²) in [7, 11) is 0. The van der Waals surface area contributed by atoms with Gasteiger partial charge >= 0.3 is 0 Å². The van der Waals surface area contributed by atoms with Crippen molar-refractivity contribution in [3.05, 3.63) is 24.0 Å². The summed E-state index contributed by atoms with van der Waals surface area (Å²) < 4.78 is 1.96. The van der Waals surface area contributed by atoms with Crippen molar-refractivity contribution >= 4 is 11.5 Å². The molecule has 3 rings (SSSR count). The van der Waals surface area contributed by atoms with E-state index < -0.39 is 0 Å². The highest BCUT2D eigenvalue weighted by Gasteiger charge is 2.19. The van der Waals surface area contributed by atoms with Crippen LogP contribution in [0.3, 0.4) is 0 Å². The van der Waals surface area contributed by atoms with Gasteiger partial charge in [0.15, 0.2) is 5.65 Å². The Morgan fingerprint density at radius 3 is 3.10 bits per heavy atom. The highest BCUT2D eigenvalue weighted by atomic mass is 15.4. The van der Waals surface area contributed by atoms with E-state index in [0.717, 1.165) is 37.5 Å². The molecular weight excluding hydrogens is 250 g/mol. The first-order chi connectivity index (χ1) is 9.78. The van der Waals surface area contributed by atoms with Gasteiger partial charge in [-0.2, -0.15) is 9.61 Å². The first-order valence-corrected chi connectivity index (χ1v) is 7.56. The van der Waals surface area contributed by atoms with Gasteiger partial charge in [-0.05, 0) is 50.4 Å². The van der Waals surface area contributed by atoms with Crippen molar-refractivity contribution in [3.63, 3.8) is 0 Å². The summed E-state index contributed by atoms with van der Waals surface area (Å²) in [4.78, 5) is 6.77. The minimum absolute atomic E-state index is 0.598. The Morgan fingerprint density at radius 2 is 2.35 bits per heavy atom. The van der Waals surface area contributed by atoms with Crippen LogP contribution in [0.5, 0.6) is 0 Å². The fraction of sp³-hybridized carbons (Fsp3) is 0.600. The Labute approximate surface area is 120 Å². The molecule has 0 aliphatic carbocycles. The topological polar surface area (TPSA) is 45.5 Å². The Bertz CT molecular complexity index is 571. The van der Waals surface area contributed by atoms with Crippen LogP contribution in [0.4, 0.5) is 5.82 Å². The van der Waals surface area contributed by atoms with Crippen molar-refractivity contribution in [2.75, 3.05) is 24.5 Å². The van der Waals surface area contributed by atoms with Crippen LogP contribution < -0.4 is 10.2 Å². The van der Waals surface area contributed by atoms with E-state index >= 15 is 0 Å². The highest BCUT2D eigenvalue weighted by molar-refractivity contribution is 5.53. The molecule has 20 heavy (non-hydrogen) atoms. The number of nitrogens with one attached hydrogen (secondary N) is 1. The average Bonchev–Trinajstić information content (AvgIpc) is 3.07. The van der Waals surface area contributed by atoms with E-state index in [4.69, 9.17) is 0 Å². The molecule has 1 atom stereocenters. The Balaban J connectivity index is 1.93. The first-order valence-electron chi connectivity index (χ1n) is 7.56. The van der Waals surface area contributed by atoms with Crippen molar-refractivity contribution in [1.29, 1.82) is 0 Å². The van der Waals surface area contributed by atoms with Crippen LogP contribution in [0.15, 0.2) is 18.5 Å². The normalized spacial score (nSPS) is 18.8. The second kappa shape index (κ2) is 5.79. The van der Waals surface area contributed by atoms with E-state index in [-0.39, 0.29) is 0 Å². The summed E-state index contributed by atoms with van der Waals surface area (Å²) >= 11 is 0. The molecule has 0 aromatic carbocycles. The Hall–Kier alpha value is -1.62. The molecule has 1 fully saturated rings. The van der Waals surface area contributed by atoms with Gasteiger partial charge in [0.2, 0.25) is 0 Å². The minimum atomic E-state index is 0.598. The zero-order valence-corrected chi connectivity index (χ0v) is 12.3. The van der Waals surface area contributed by atoms with Gasteiger partial charge in [0.25, 0.3) is 0 Å². The van der Waals surface area contributed by atoms with E-state index in [1.807, 2.05) is 4.52 Å². The predicted molar refractivity (Wildman–Crippen MR) is 81.3 cm³/mol. The fourth-order valence-corrected chi connectivity index (χ4v) is 3.01. The summed E-state index contributed by atoms with van der Waals surface area (Å²) in [6, 6.07) is 4.89. The van der Waals surface area contributed by atoms with E-state index in [1.54, 1.807) is 6.33 Å². The minimum Gasteiger partial charge on any atom is -0.355 e. The van der Waals surface area contributed by atoms with Crippen molar-refractivity contribution in [1.82, 2.24) is 19.9 Å². The van der Waals surface area contributed by atoms with Crippen LogP contribution in [-0.4, -0.2) is 40.3 Å². The Morgan fingerprint density at radius 1 is 1.45 bits per heavy atom. The van der Waals surface area contributed by atoms with Gasteiger partial charge in [0, 0.05) is 19.1 Å². The first kappa shape index (κ1) is 13.4. The second-order valence-corrected chi connectivity index (χ2v) is 5.66. The van der Waals surface area contributed by atoms with Gasteiger partial charge in [0.05, 0.1) is 0 Å². The van der Waals surface area contributed by atoms with Crippen LogP contribution in [0.2, 0.25) is 0 Å². The molecule has 0 spiro atoms. The van der Waals surface area contributed by atoms with Gasteiger partial charge in [-0.3, -0.25) is 0 Å². The summed E-state index contributed by atoms with van der Waals surface area (Å²) in [5.41, 5.74) is 2.17. The molecule has 0 radical (unpaired) electrons. The standard InChI is InChI=1S/C15H23N5/c1-3-7-19(10-13-5-4-6-16-13)15-9-12(2)8-14-17-11-18-20(14)15/h8-9,11,13,16H,3-7,10H2,1-2H3. The molecule has 0 bridgehead atoms. The molecule has 1 aliphatic heterocycles. The third-order valence-corrected chi connectivity index (χ3v) is 3.93.